The molecule has 0 aromatic carbocycles. The molecule has 0 aliphatic rings. The Morgan fingerprint density at radius 3 is 2.21 bits per heavy atom. The van der Waals surface area contributed by atoms with Gasteiger partial charge in [-0.2, -0.15) is 0 Å². The first-order valence-corrected chi connectivity index (χ1v) is 6.50. The first-order chi connectivity index (χ1) is 8.91. The Bertz CT molecular complexity index is 447. The second-order valence-corrected chi connectivity index (χ2v) is 4.39. The van der Waals surface area contributed by atoms with Gasteiger partial charge in [0.15, 0.2) is 5.82 Å². The predicted molar refractivity (Wildman–Crippen MR) is 73.6 cm³/mol. The van der Waals surface area contributed by atoms with Gasteiger partial charge in [-0.3, -0.25) is 4.79 Å². The fourth-order valence-electron chi connectivity index (χ4n) is 2.21. The number of carbonyl (C=O) groups is 1. The number of amides is 1. The maximum Gasteiger partial charge on any atom is 0.254 e. The van der Waals surface area contributed by atoms with E-state index in [-0.39, 0.29) is 11.4 Å². The predicted octanol–water partition coefficient (Wildman–Crippen LogP) is 1.52. The number of aryl methyl sites for hydroxylation is 1. The van der Waals surface area contributed by atoms with Crippen molar-refractivity contribution in [2.45, 2.75) is 46.1 Å². The molecule has 1 rings (SSSR count). The Hall–Kier alpha value is -1.69. The van der Waals surface area contributed by atoms with Crippen LogP contribution < -0.4 is 11.5 Å². The van der Waals surface area contributed by atoms with Gasteiger partial charge in [-0.05, 0) is 26.7 Å². The highest BCUT2D eigenvalue weighted by atomic mass is 16.5. The van der Waals surface area contributed by atoms with Gasteiger partial charge in [0, 0.05) is 6.61 Å². The maximum absolute atomic E-state index is 11.3. The molecule has 0 saturated heterocycles. The van der Waals surface area contributed by atoms with Crippen molar-refractivity contribution in [1.29, 1.82) is 0 Å². The van der Waals surface area contributed by atoms with Crippen LogP contribution in [-0.2, 0) is 10.3 Å². The molecule has 0 saturated carbocycles. The SMILES string of the molecule is CCOC(CC)(CC)c1nc(C)c(C(N)=O)c(N)n1. The molecule has 1 amide bonds. The van der Waals surface area contributed by atoms with E-state index < -0.39 is 11.5 Å². The van der Waals surface area contributed by atoms with Gasteiger partial charge in [0.2, 0.25) is 0 Å². The normalized spacial score (nSPS) is 11.6. The zero-order chi connectivity index (χ0) is 14.6. The van der Waals surface area contributed by atoms with Crippen molar-refractivity contribution in [2.75, 3.05) is 12.3 Å². The van der Waals surface area contributed by atoms with Gasteiger partial charge in [-0.1, -0.05) is 13.8 Å². The van der Waals surface area contributed by atoms with Crippen LogP contribution >= 0.6 is 0 Å². The van der Waals surface area contributed by atoms with Crippen LogP contribution in [-0.4, -0.2) is 22.5 Å². The summed E-state index contributed by atoms with van der Waals surface area (Å²) >= 11 is 0. The van der Waals surface area contributed by atoms with Crippen molar-refractivity contribution < 1.29 is 9.53 Å². The third-order valence-electron chi connectivity index (χ3n) is 3.33. The molecule has 0 bridgehead atoms. The van der Waals surface area contributed by atoms with Crippen molar-refractivity contribution in [3.63, 3.8) is 0 Å². The van der Waals surface area contributed by atoms with E-state index in [1.165, 1.54) is 0 Å². The number of hydrogen-bond acceptors (Lipinski definition) is 5. The minimum Gasteiger partial charge on any atom is -0.383 e. The summed E-state index contributed by atoms with van der Waals surface area (Å²) in [5, 5.41) is 0. The lowest BCUT2D eigenvalue weighted by Gasteiger charge is -2.30. The molecule has 0 aliphatic heterocycles. The van der Waals surface area contributed by atoms with Crippen LogP contribution in [0, 0.1) is 6.92 Å². The fourth-order valence-corrected chi connectivity index (χ4v) is 2.21. The maximum atomic E-state index is 11.3. The lowest BCUT2D eigenvalue weighted by Crippen LogP contribution is -2.32. The van der Waals surface area contributed by atoms with Crippen molar-refractivity contribution in [1.82, 2.24) is 9.97 Å². The quantitative estimate of drug-likeness (QED) is 0.812. The van der Waals surface area contributed by atoms with Gasteiger partial charge in [0.1, 0.15) is 17.0 Å². The van der Waals surface area contributed by atoms with Crippen molar-refractivity contribution in [2.24, 2.45) is 5.73 Å². The summed E-state index contributed by atoms with van der Waals surface area (Å²) in [7, 11) is 0. The number of nitrogens with zero attached hydrogens (tertiary/aromatic N) is 2. The van der Waals surface area contributed by atoms with E-state index in [2.05, 4.69) is 9.97 Å². The molecule has 0 unspecified atom stereocenters. The third kappa shape index (κ3) is 2.84. The highest BCUT2D eigenvalue weighted by molar-refractivity contribution is 5.98. The number of carbonyl (C=O) groups excluding carboxylic acids is 1. The van der Waals surface area contributed by atoms with Gasteiger partial charge in [-0.25, -0.2) is 9.97 Å². The molecule has 6 nitrogen and oxygen atoms in total. The molecule has 106 valence electrons. The van der Waals surface area contributed by atoms with Crippen LogP contribution in [0.5, 0.6) is 0 Å². The van der Waals surface area contributed by atoms with Gasteiger partial charge < -0.3 is 16.2 Å². The molecule has 0 aliphatic carbocycles. The summed E-state index contributed by atoms with van der Waals surface area (Å²) in [6.07, 6.45) is 1.46. The van der Waals surface area contributed by atoms with Crippen LogP contribution in [0.1, 0.15) is 55.5 Å². The minimum atomic E-state index is -0.614. The van der Waals surface area contributed by atoms with Crippen molar-refractivity contribution in [3.8, 4) is 0 Å². The van der Waals surface area contributed by atoms with Gasteiger partial charge in [0.05, 0.1) is 5.69 Å². The average Bonchev–Trinajstić information content (AvgIpc) is 2.34. The summed E-state index contributed by atoms with van der Waals surface area (Å²) in [5.41, 5.74) is 11.2. The molecule has 0 spiro atoms. The smallest absolute Gasteiger partial charge is 0.254 e. The van der Waals surface area contributed by atoms with E-state index in [0.29, 0.717) is 18.1 Å². The summed E-state index contributed by atoms with van der Waals surface area (Å²) in [6, 6.07) is 0. The third-order valence-corrected chi connectivity index (χ3v) is 3.33. The van der Waals surface area contributed by atoms with E-state index in [0.717, 1.165) is 12.8 Å². The monoisotopic (exact) mass is 266 g/mol. The average molecular weight is 266 g/mol. The summed E-state index contributed by atoms with van der Waals surface area (Å²) in [6.45, 7) is 8.20. The number of nitrogen functional groups attached to an aromatic ring is 1. The molecule has 0 fully saturated rings. The summed E-state index contributed by atoms with van der Waals surface area (Å²) in [5.74, 6) is 0.0110. The zero-order valence-corrected chi connectivity index (χ0v) is 12.0. The Labute approximate surface area is 113 Å². The van der Waals surface area contributed by atoms with E-state index in [1.54, 1.807) is 6.92 Å². The van der Waals surface area contributed by atoms with Crippen molar-refractivity contribution in [3.05, 3.63) is 17.1 Å². The van der Waals surface area contributed by atoms with E-state index in [9.17, 15) is 4.79 Å². The Morgan fingerprint density at radius 2 is 1.84 bits per heavy atom. The zero-order valence-electron chi connectivity index (χ0n) is 12.0. The molecule has 6 heteroatoms. The number of primary amides is 1. The summed E-state index contributed by atoms with van der Waals surface area (Å²) < 4.78 is 5.83. The van der Waals surface area contributed by atoms with Gasteiger partial charge in [-0.15, -0.1) is 0 Å². The first kappa shape index (κ1) is 15.4. The number of hydrogen-bond donors (Lipinski definition) is 2. The second-order valence-electron chi connectivity index (χ2n) is 4.39. The van der Waals surface area contributed by atoms with Crippen molar-refractivity contribution >= 4 is 11.7 Å². The number of ether oxygens (including phenoxy) is 1. The van der Waals surface area contributed by atoms with E-state index in [1.807, 2.05) is 20.8 Å². The Kier molecular flexibility index (Phi) is 4.83. The molecule has 4 N–H and O–H groups in total. The number of aromatic nitrogens is 2. The molecule has 1 heterocycles. The lowest BCUT2D eigenvalue weighted by molar-refractivity contribution is -0.0571. The van der Waals surface area contributed by atoms with Crippen LogP contribution in [0.3, 0.4) is 0 Å². The summed E-state index contributed by atoms with van der Waals surface area (Å²) in [4.78, 5) is 19.9. The highest BCUT2D eigenvalue weighted by Crippen LogP contribution is 2.31. The molecule has 19 heavy (non-hydrogen) atoms. The largest absolute Gasteiger partial charge is 0.383 e. The highest BCUT2D eigenvalue weighted by Gasteiger charge is 2.33. The topological polar surface area (TPSA) is 104 Å². The number of anilines is 1. The molecular formula is C13H22N4O2. The van der Waals surface area contributed by atoms with Crippen LogP contribution in [0.4, 0.5) is 5.82 Å². The Balaban J connectivity index is 3.38. The van der Waals surface area contributed by atoms with E-state index in [4.69, 9.17) is 16.2 Å². The van der Waals surface area contributed by atoms with Gasteiger partial charge in [0.25, 0.3) is 5.91 Å². The minimum absolute atomic E-state index is 0.112. The molecule has 1 aromatic rings. The van der Waals surface area contributed by atoms with Gasteiger partial charge >= 0.3 is 0 Å². The Morgan fingerprint density at radius 1 is 1.26 bits per heavy atom. The molecular weight excluding hydrogens is 244 g/mol. The number of nitrogens with two attached hydrogens (primary N) is 2. The van der Waals surface area contributed by atoms with E-state index >= 15 is 0 Å². The fraction of sp³-hybridized carbons (Fsp3) is 0.615. The lowest BCUT2D eigenvalue weighted by atomic mass is 9.95. The molecule has 0 radical (unpaired) electrons. The van der Waals surface area contributed by atoms with Crippen LogP contribution in [0.15, 0.2) is 0 Å². The molecule has 1 aromatic heterocycles. The van der Waals surface area contributed by atoms with Crippen LogP contribution in [0.2, 0.25) is 0 Å². The van der Waals surface area contributed by atoms with Crippen LogP contribution in [0.25, 0.3) is 0 Å². The standard InChI is InChI=1S/C13H22N4O2/c1-5-13(6-2,19-7-3)12-16-8(4)9(11(15)18)10(14)17-12/h5-7H2,1-4H3,(H2,15,18)(H2,14,16,17). The number of rotatable bonds is 6. The molecule has 0 atom stereocenters. The second kappa shape index (κ2) is 5.97. The first-order valence-electron chi connectivity index (χ1n) is 6.50.